The SMILES string of the molecule is COc1cc(C(=O)NCCSCc2ccsc2)cc(OC)c1Br. The fraction of sp³-hybridized carbons (Fsp3) is 0.312. The van der Waals surface area contributed by atoms with Crippen molar-refractivity contribution in [3.05, 3.63) is 44.6 Å². The molecule has 2 aromatic rings. The molecule has 0 saturated carbocycles. The van der Waals surface area contributed by atoms with E-state index in [9.17, 15) is 4.79 Å². The Hall–Kier alpha value is -1.18. The van der Waals surface area contributed by atoms with Crippen molar-refractivity contribution in [3.63, 3.8) is 0 Å². The van der Waals surface area contributed by atoms with Crippen molar-refractivity contribution in [1.29, 1.82) is 0 Å². The van der Waals surface area contributed by atoms with Crippen LogP contribution in [0.4, 0.5) is 0 Å². The molecule has 23 heavy (non-hydrogen) atoms. The van der Waals surface area contributed by atoms with Gasteiger partial charge in [-0.15, -0.1) is 0 Å². The molecule has 1 aromatic heterocycles. The molecule has 0 aliphatic heterocycles. The van der Waals surface area contributed by atoms with Crippen LogP contribution in [0.3, 0.4) is 0 Å². The summed E-state index contributed by atoms with van der Waals surface area (Å²) in [5.74, 6) is 2.85. The average molecular weight is 416 g/mol. The van der Waals surface area contributed by atoms with Crippen LogP contribution in [0.15, 0.2) is 33.4 Å². The summed E-state index contributed by atoms with van der Waals surface area (Å²) < 4.78 is 11.2. The lowest BCUT2D eigenvalue weighted by Gasteiger charge is -2.11. The molecule has 1 amide bonds. The third kappa shape index (κ3) is 5.16. The highest BCUT2D eigenvalue weighted by Crippen LogP contribution is 2.35. The van der Waals surface area contributed by atoms with Crippen LogP contribution in [0, 0.1) is 0 Å². The number of hydrogen-bond donors (Lipinski definition) is 1. The number of ether oxygens (including phenoxy) is 2. The minimum absolute atomic E-state index is 0.134. The second-order valence-electron chi connectivity index (χ2n) is 4.63. The van der Waals surface area contributed by atoms with E-state index >= 15 is 0 Å². The molecule has 4 nitrogen and oxygen atoms in total. The molecular weight excluding hydrogens is 398 g/mol. The highest BCUT2D eigenvalue weighted by Gasteiger charge is 2.14. The van der Waals surface area contributed by atoms with Crippen molar-refractivity contribution >= 4 is 44.9 Å². The van der Waals surface area contributed by atoms with Crippen molar-refractivity contribution in [2.45, 2.75) is 5.75 Å². The van der Waals surface area contributed by atoms with Gasteiger partial charge in [-0.25, -0.2) is 0 Å². The molecule has 0 unspecified atom stereocenters. The summed E-state index contributed by atoms with van der Waals surface area (Å²) in [5.41, 5.74) is 1.85. The molecule has 0 aliphatic carbocycles. The van der Waals surface area contributed by atoms with Gasteiger partial charge in [0.1, 0.15) is 16.0 Å². The Labute approximate surface area is 152 Å². The maximum absolute atomic E-state index is 12.2. The number of carbonyl (C=O) groups is 1. The van der Waals surface area contributed by atoms with E-state index < -0.39 is 0 Å². The molecule has 0 atom stereocenters. The number of hydrogen-bond acceptors (Lipinski definition) is 5. The van der Waals surface area contributed by atoms with Gasteiger partial charge >= 0.3 is 0 Å². The Kier molecular flexibility index (Phi) is 7.26. The lowest BCUT2D eigenvalue weighted by Crippen LogP contribution is -2.25. The predicted molar refractivity (Wildman–Crippen MR) is 100 cm³/mol. The number of benzene rings is 1. The van der Waals surface area contributed by atoms with Gasteiger partial charge in [0.15, 0.2) is 0 Å². The summed E-state index contributed by atoms with van der Waals surface area (Å²) in [6, 6.07) is 5.51. The van der Waals surface area contributed by atoms with Crippen LogP contribution in [0.1, 0.15) is 15.9 Å². The lowest BCUT2D eigenvalue weighted by molar-refractivity contribution is 0.0955. The Morgan fingerprint density at radius 3 is 2.57 bits per heavy atom. The fourth-order valence-corrected chi connectivity index (χ4v) is 4.04. The van der Waals surface area contributed by atoms with Crippen LogP contribution in [-0.4, -0.2) is 32.4 Å². The highest BCUT2D eigenvalue weighted by molar-refractivity contribution is 9.10. The molecule has 1 heterocycles. The summed E-state index contributed by atoms with van der Waals surface area (Å²) in [6.07, 6.45) is 0. The molecule has 124 valence electrons. The Morgan fingerprint density at radius 2 is 2.00 bits per heavy atom. The van der Waals surface area contributed by atoms with Crippen LogP contribution < -0.4 is 14.8 Å². The second-order valence-corrected chi connectivity index (χ2v) is 7.31. The first-order chi connectivity index (χ1) is 11.2. The summed E-state index contributed by atoms with van der Waals surface area (Å²) in [4.78, 5) is 12.2. The quantitative estimate of drug-likeness (QED) is 0.656. The van der Waals surface area contributed by atoms with Crippen molar-refractivity contribution in [2.24, 2.45) is 0 Å². The van der Waals surface area contributed by atoms with Gasteiger partial charge in [-0.2, -0.15) is 23.1 Å². The monoisotopic (exact) mass is 415 g/mol. The molecule has 1 N–H and O–H groups in total. The number of methoxy groups -OCH3 is 2. The maximum atomic E-state index is 12.2. The largest absolute Gasteiger partial charge is 0.495 e. The van der Waals surface area contributed by atoms with Crippen LogP contribution in [-0.2, 0) is 5.75 Å². The highest BCUT2D eigenvalue weighted by atomic mass is 79.9. The van der Waals surface area contributed by atoms with Gasteiger partial charge in [0.2, 0.25) is 0 Å². The first-order valence-corrected chi connectivity index (χ1v) is 9.83. The Morgan fingerprint density at radius 1 is 1.30 bits per heavy atom. The summed E-state index contributed by atoms with van der Waals surface area (Å²) in [7, 11) is 3.12. The fourth-order valence-electron chi connectivity index (χ4n) is 1.90. The van der Waals surface area contributed by atoms with Crippen LogP contribution in [0.25, 0.3) is 0 Å². The number of carbonyl (C=O) groups excluding carboxylic acids is 1. The smallest absolute Gasteiger partial charge is 0.251 e. The molecule has 0 spiro atoms. The standard InChI is InChI=1S/C16H18BrNO3S2/c1-20-13-7-12(8-14(21-2)15(13)17)16(19)18-4-6-23-10-11-3-5-22-9-11/h3,5,7-9H,4,6,10H2,1-2H3,(H,18,19). The average Bonchev–Trinajstić information content (AvgIpc) is 3.08. The molecule has 2 rings (SSSR count). The molecule has 7 heteroatoms. The third-order valence-electron chi connectivity index (χ3n) is 3.09. The molecule has 0 fully saturated rings. The van der Waals surface area contributed by atoms with Gasteiger partial charge in [-0.1, -0.05) is 0 Å². The number of halogens is 1. The van der Waals surface area contributed by atoms with Gasteiger partial charge in [0.05, 0.1) is 14.2 Å². The number of thiophene rings is 1. The molecule has 0 aliphatic rings. The minimum Gasteiger partial charge on any atom is -0.495 e. The van der Waals surface area contributed by atoms with Crippen LogP contribution >= 0.6 is 39.0 Å². The van der Waals surface area contributed by atoms with E-state index in [0.717, 1.165) is 11.5 Å². The summed E-state index contributed by atoms with van der Waals surface area (Å²) in [6.45, 7) is 0.619. The van der Waals surface area contributed by atoms with E-state index in [-0.39, 0.29) is 5.91 Å². The Bertz CT molecular complexity index is 622. The van der Waals surface area contributed by atoms with Gasteiger partial charge in [-0.3, -0.25) is 4.79 Å². The summed E-state index contributed by atoms with van der Waals surface area (Å²) >= 11 is 6.90. The molecular formula is C16H18BrNO3S2. The molecule has 0 radical (unpaired) electrons. The zero-order valence-corrected chi connectivity index (χ0v) is 16.1. The molecule has 1 aromatic carbocycles. The number of nitrogens with one attached hydrogen (secondary N) is 1. The van der Waals surface area contributed by atoms with Gasteiger partial charge in [0.25, 0.3) is 5.91 Å². The van der Waals surface area contributed by atoms with E-state index in [1.165, 1.54) is 5.56 Å². The Balaban J connectivity index is 1.85. The van der Waals surface area contributed by atoms with E-state index in [1.807, 2.05) is 0 Å². The predicted octanol–water partition coefficient (Wildman–Crippen LogP) is 4.19. The first-order valence-electron chi connectivity index (χ1n) is 6.94. The van der Waals surface area contributed by atoms with E-state index in [2.05, 4.69) is 38.1 Å². The maximum Gasteiger partial charge on any atom is 0.251 e. The topological polar surface area (TPSA) is 47.6 Å². The molecule has 0 saturated heterocycles. The first kappa shape index (κ1) is 18.2. The van der Waals surface area contributed by atoms with Crippen molar-refractivity contribution < 1.29 is 14.3 Å². The van der Waals surface area contributed by atoms with Crippen molar-refractivity contribution in [1.82, 2.24) is 5.32 Å². The van der Waals surface area contributed by atoms with Gasteiger partial charge < -0.3 is 14.8 Å². The third-order valence-corrected chi connectivity index (χ3v) is 5.63. The van der Waals surface area contributed by atoms with Crippen LogP contribution in [0.5, 0.6) is 11.5 Å². The van der Waals surface area contributed by atoms with Crippen LogP contribution in [0.2, 0.25) is 0 Å². The number of rotatable bonds is 8. The summed E-state index contributed by atoms with van der Waals surface area (Å²) in [5, 5.41) is 7.14. The van der Waals surface area contributed by atoms with E-state index in [0.29, 0.717) is 28.1 Å². The van der Waals surface area contributed by atoms with E-state index in [4.69, 9.17) is 9.47 Å². The van der Waals surface area contributed by atoms with Gasteiger partial charge in [0, 0.05) is 23.6 Å². The molecule has 0 bridgehead atoms. The lowest BCUT2D eigenvalue weighted by atomic mass is 10.2. The zero-order chi connectivity index (χ0) is 16.7. The zero-order valence-electron chi connectivity index (χ0n) is 12.9. The second kappa shape index (κ2) is 9.20. The van der Waals surface area contributed by atoms with E-state index in [1.54, 1.807) is 49.5 Å². The van der Waals surface area contributed by atoms with Crippen molar-refractivity contribution in [2.75, 3.05) is 26.5 Å². The number of amides is 1. The van der Waals surface area contributed by atoms with Gasteiger partial charge in [-0.05, 0) is 50.5 Å². The number of thioether (sulfide) groups is 1. The normalized spacial score (nSPS) is 10.4. The van der Waals surface area contributed by atoms with Crippen molar-refractivity contribution in [3.8, 4) is 11.5 Å². The minimum atomic E-state index is -0.134.